The number of imidazole rings is 1. The minimum absolute atomic E-state index is 0.0542. The molecule has 0 spiro atoms. The van der Waals surface area contributed by atoms with Crippen molar-refractivity contribution in [2.24, 2.45) is 0 Å². The second-order valence-electron chi connectivity index (χ2n) is 4.15. The van der Waals surface area contributed by atoms with Gasteiger partial charge in [0.1, 0.15) is 0 Å². The van der Waals surface area contributed by atoms with Gasteiger partial charge < -0.3 is 5.11 Å². The van der Waals surface area contributed by atoms with Gasteiger partial charge in [0, 0.05) is 17.3 Å². The molecule has 17 heavy (non-hydrogen) atoms. The van der Waals surface area contributed by atoms with E-state index in [1.54, 1.807) is 0 Å². The van der Waals surface area contributed by atoms with Crippen molar-refractivity contribution >= 4 is 5.65 Å². The Labute approximate surface area is 98.5 Å². The number of aromatic nitrogens is 3. The van der Waals surface area contributed by atoms with Crippen LogP contribution in [0.25, 0.3) is 16.9 Å². The number of aryl methyl sites for hydroxylation is 1. The number of H-pyrrole nitrogens is 1. The van der Waals surface area contributed by atoms with E-state index in [4.69, 9.17) is 5.11 Å². The second-order valence-corrected chi connectivity index (χ2v) is 4.15. The molecule has 2 heterocycles. The van der Waals surface area contributed by atoms with Crippen LogP contribution in [0.5, 0.6) is 0 Å². The van der Waals surface area contributed by atoms with E-state index in [2.05, 4.69) is 10.1 Å². The van der Waals surface area contributed by atoms with Crippen LogP contribution in [-0.4, -0.2) is 19.7 Å². The Hall–Kier alpha value is -2.07. The van der Waals surface area contributed by atoms with Gasteiger partial charge in [-0.05, 0) is 18.6 Å². The predicted molar refractivity (Wildman–Crippen MR) is 65.6 cm³/mol. The number of benzene rings is 1. The smallest absolute Gasteiger partial charge is 0.153 e. The molecule has 0 saturated heterocycles. The van der Waals surface area contributed by atoms with Crippen molar-refractivity contribution in [3.05, 3.63) is 47.8 Å². The quantitative estimate of drug-likeness (QED) is 0.704. The number of rotatable bonds is 2. The molecule has 0 aliphatic rings. The molecule has 86 valence electrons. The van der Waals surface area contributed by atoms with E-state index in [1.165, 1.54) is 0 Å². The minimum atomic E-state index is 0.0542. The van der Waals surface area contributed by atoms with Gasteiger partial charge in [-0.3, -0.25) is 5.10 Å². The molecule has 0 saturated carbocycles. The highest BCUT2D eigenvalue weighted by atomic mass is 16.3. The van der Waals surface area contributed by atoms with Gasteiger partial charge in [0.25, 0.3) is 0 Å². The lowest BCUT2D eigenvalue weighted by Gasteiger charge is -1.99. The van der Waals surface area contributed by atoms with Gasteiger partial charge in [0.15, 0.2) is 5.65 Å². The van der Waals surface area contributed by atoms with Crippen LogP contribution in [0, 0.1) is 6.92 Å². The van der Waals surface area contributed by atoms with Gasteiger partial charge in [0.05, 0.1) is 18.5 Å². The number of hydrogen-bond donors (Lipinski definition) is 2. The van der Waals surface area contributed by atoms with Gasteiger partial charge in [-0.2, -0.15) is 0 Å². The SMILES string of the molecule is Cc1cc2nc(-c3cccc(CO)c3)cn2[nH]1. The molecule has 0 unspecified atom stereocenters. The van der Waals surface area contributed by atoms with Gasteiger partial charge in [0.2, 0.25) is 0 Å². The van der Waals surface area contributed by atoms with Crippen molar-refractivity contribution in [3.8, 4) is 11.3 Å². The maximum Gasteiger partial charge on any atom is 0.153 e. The summed E-state index contributed by atoms with van der Waals surface area (Å²) in [5.74, 6) is 0. The van der Waals surface area contributed by atoms with E-state index < -0.39 is 0 Å². The van der Waals surface area contributed by atoms with Crippen molar-refractivity contribution in [1.29, 1.82) is 0 Å². The fourth-order valence-electron chi connectivity index (χ4n) is 1.97. The average molecular weight is 227 g/mol. The van der Waals surface area contributed by atoms with Crippen LogP contribution in [0.3, 0.4) is 0 Å². The molecule has 1 aromatic carbocycles. The number of fused-ring (bicyclic) bond motifs is 1. The van der Waals surface area contributed by atoms with Gasteiger partial charge in [-0.25, -0.2) is 9.50 Å². The van der Waals surface area contributed by atoms with Crippen LogP contribution in [0.2, 0.25) is 0 Å². The highest BCUT2D eigenvalue weighted by molar-refractivity contribution is 5.63. The summed E-state index contributed by atoms with van der Waals surface area (Å²) in [7, 11) is 0. The highest BCUT2D eigenvalue weighted by Gasteiger charge is 2.06. The Balaban J connectivity index is 2.09. The summed E-state index contributed by atoms with van der Waals surface area (Å²) in [6, 6.07) is 9.78. The van der Waals surface area contributed by atoms with Crippen molar-refractivity contribution < 1.29 is 5.11 Å². The average Bonchev–Trinajstić information content (AvgIpc) is 2.86. The molecule has 0 atom stereocenters. The molecule has 0 amide bonds. The summed E-state index contributed by atoms with van der Waals surface area (Å²) >= 11 is 0. The van der Waals surface area contributed by atoms with E-state index in [1.807, 2.05) is 48.0 Å². The molecule has 0 aliphatic carbocycles. The molecule has 0 fully saturated rings. The molecular formula is C13H13N3O. The van der Waals surface area contributed by atoms with Crippen LogP contribution in [0.1, 0.15) is 11.3 Å². The summed E-state index contributed by atoms with van der Waals surface area (Å²) in [6.07, 6.45) is 1.96. The number of aliphatic hydroxyl groups excluding tert-OH is 1. The second kappa shape index (κ2) is 3.75. The molecule has 4 nitrogen and oxygen atoms in total. The topological polar surface area (TPSA) is 53.3 Å². The number of nitrogens with one attached hydrogen (secondary N) is 1. The Morgan fingerprint density at radius 2 is 2.24 bits per heavy atom. The molecule has 2 aromatic heterocycles. The predicted octanol–water partition coefficient (Wildman–Crippen LogP) is 2.13. The van der Waals surface area contributed by atoms with E-state index in [-0.39, 0.29) is 6.61 Å². The Morgan fingerprint density at radius 3 is 3.00 bits per heavy atom. The van der Waals surface area contributed by atoms with Crippen molar-refractivity contribution in [1.82, 2.24) is 14.6 Å². The fourth-order valence-corrected chi connectivity index (χ4v) is 1.97. The third kappa shape index (κ3) is 1.72. The largest absolute Gasteiger partial charge is 0.392 e. The Bertz CT molecular complexity index is 635. The lowest BCUT2D eigenvalue weighted by Crippen LogP contribution is -1.84. The first-order valence-corrected chi connectivity index (χ1v) is 5.51. The zero-order valence-electron chi connectivity index (χ0n) is 9.51. The maximum atomic E-state index is 9.11. The Morgan fingerprint density at radius 1 is 1.35 bits per heavy atom. The monoisotopic (exact) mass is 227 g/mol. The first-order valence-electron chi connectivity index (χ1n) is 5.51. The summed E-state index contributed by atoms with van der Waals surface area (Å²) in [5, 5.41) is 12.3. The highest BCUT2D eigenvalue weighted by Crippen LogP contribution is 2.20. The van der Waals surface area contributed by atoms with Crippen LogP contribution >= 0.6 is 0 Å². The zero-order chi connectivity index (χ0) is 11.8. The first kappa shape index (κ1) is 10.1. The lowest BCUT2D eigenvalue weighted by molar-refractivity contribution is 0.282. The summed E-state index contributed by atoms with van der Waals surface area (Å²) in [5.41, 5.74) is 4.82. The molecule has 0 aliphatic heterocycles. The third-order valence-corrected chi connectivity index (χ3v) is 2.78. The van der Waals surface area contributed by atoms with E-state index in [9.17, 15) is 0 Å². The van der Waals surface area contributed by atoms with Crippen molar-refractivity contribution in [2.45, 2.75) is 13.5 Å². The third-order valence-electron chi connectivity index (χ3n) is 2.78. The van der Waals surface area contributed by atoms with E-state index >= 15 is 0 Å². The molecule has 3 rings (SSSR count). The van der Waals surface area contributed by atoms with Gasteiger partial charge >= 0.3 is 0 Å². The zero-order valence-corrected chi connectivity index (χ0v) is 9.51. The van der Waals surface area contributed by atoms with Crippen LogP contribution < -0.4 is 0 Å². The number of aromatic amines is 1. The molecule has 3 aromatic rings. The first-order chi connectivity index (χ1) is 8.26. The Kier molecular flexibility index (Phi) is 2.23. The van der Waals surface area contributed by atoms with Crippen LogP contribution in [0.15, 0.2) is 36.5 Å². The number of aliphatic hydroxyl groups is 1. The summed E-state index contributed by atoms with van der Waals surface area (Å²) < 4.78 is 1.90. The van der Waals surface area contributed by atoms with Crippen molar-refractivity contribution in [2.75, 3.05) is 0 Å². The van der Waals surface area contributed by atoms with Gasteiger partial charge in [-0.1, -0.05) is 18.2 Å². The standard InChI is InChI=1S/C13H13N3O/c1-9-5-13-14-12(7-16(13)15-9)11-4-2-3-10(6-11)8-17/h2-7,15,17H,8H2,1H3. The fraction of sp³-hybridized carbons (Fsp3) is 0.154. The summed E-state index contributed by atoms with van der Waals surface area (Å²) in [4.78, 5) is 4.53. The van der Waals surface area contributed by atoms with Crippen LogP contribution in [-0.2, 0) is 6.61 Å². The van der Waals surface area contributed by atoms with E-state index in [0.29, 0.717) is 0 Å². The molecular weight excluding hydrogens is 214 g/mol. The normalized spacial score (nSPS) is 11.2. The molecule has 0 radical (unpaired) electrons. The minimum Gasteiger partial charge on any atom is -0.392 e. The molecule has 2 N–H and O–H groups in total. The van der Waals surface area contributed by atoms with Crippen molar-refractivity contribution in [3.63, 3.8) is 0 Å². The molecule has 4 heteroatoms. The maximum absolute atomic E-state index is 9.11. The number of hydrogen-bond acceptors (Lipinski definition) is 2. The number of nitrogens with zero attached hydrogens (tertiary/aromatic N) is 2. The summed E-state index contributed by atoms with van der Waals surface area (Å²) in [6.45, 7) is 2.05. The molecule has 0 bridgehead atoms. The van der Waals surface area contributed by atoms with E-state index in [0.717, 1.165) is 28.2 Å². The lowest BCUT2D eigenvalue weighted by atomic mass is 10.1. The van der Waals surface area contributed by atoms with Gasteiger partial charge in [-0.15, -0.1) is 0 Å². The van der Waals surface area contributed by atoms with Crippen LogP contribution in [0.4, 0.5) is 0 Å².